The molecule has 6 heteroatoms. The van der Waals surface area contributed by atoms with Crippen LogP contribution >= 0.6 is 39.0 Å². The number of fused-ring (bicyclic) bond motifs is 1. The van der Waals surface area contributed by atoms with Gasteiger partial charge in [-0.25, -0.2) is 4.39 Å². The molecule has 3 rings (SSSR count). The Labute approximate surface area is 140 Å². The van der Waals surface area contributed by atoms with Crippen molar-refractivity contribution in [1.82, 2.24) is 5.43 Å². The molecule has 2 aromatic rings. The fourth-order valence-electron chi connectivity index (χ4n) is 2.55. The van der Waals surface area contributed by atoms with Gasteiger partial charge >= 0.3 is 0 Å². The highest BCUT2D eigenvalue weighted by Gasteiger charge is 2.19. The molecule has 0 fully saturated rings. The quantitative estimate of drug-likeness (QED) is 0.611. The first-order valence-corrected chi connectivity index (χ1v) is 9.52. The van der Waals surface area contributed by atoms with Crippen molar-refractivity contribution in [2.45, 2.75) is 24.6 Å². The van der Waals surface area contributed by atoms with E-state index in [0.29, 0.717) is 6.42 Å². The van der Waals surface area contributed by atoms with Crippen LogP contribution in [0.1, 0.15) is 26.9 Å². The van der Waals surface area contributed by atoms with Crippen LogP contribution in [0.25, 0.3) is 0 Å². The number of hydrogen-bond acceptors (Lipinski definition) is 4. The second-order valence-electron chi connectivity index (χ2n) is 5.10. The Bertz CT molecular complexity index is 601. The molecule has 0 radical (unpaired) electrons. The second-order valence-corrected chi connectivity index (χ2v) is 8.29. The van der Waals surface area contributed by atoms with Gasteiger partial charge in [-0.05, 0) is 54.0 Å². The van der Waals surface area contributed by atoms with Gasteiger partial charge in [0.25, 0.3) is 0 Å². The molecule has 1 aromatic carbocycles. The normalized spacial score (nSPS) is 15.8. The van der Waals surface area contributed by atoms with Crippen molar-refractivity contribution in [3.8, 4) is 0 Å². The molecular weight excluding hydrogens is 371 g/mol. The predicted octanol–water partition coefficient (Wildman–Crippen LogP) is 4.19. The summed E-state index contributed by atoms with van der Waals surface area (Å²) >= 11 is 7.15. The van der Waals surface area contributed by atoms with Gasteiger partial charge in [-0.1, -0.05) is 15.9 Å². The van der Waals surface area contributed by atoms with E-state index in [-0.39, 0.29) is 11.9 Å². The summed E-state index contributed by atoms with van der Waals surface area (Å²) in [5.41, 5.74) is 5.25. The number of thiophene rings is 1. The van der Waals surface area contributed by atoms with E-state index in [1.165, 1.54) is 27.1 Å². The molecule has 0 bridgehead atoms. The van der Waals surface area contributed by atoms with Crippen LogP contribution in [0.4, 0.5) is 4.39 Å². The van der Waals surface area contributed by atoms with Gasteiger partial charge in [0, 0.05) is 20.0 Å². The van der Waals surface area contributed by atoms with Crippen molar-refractivity contribution in [3.05, 3.63) is 55.4 Å². The molecule has 2 heterocycles. The molecule has 1 aliphatic heterocycles. The zero-order chi connectivity index (χ0) is 14.8. The van der Waals surface area contributed by atoms with Crippen molar-refractivity contribution in [1.29, 1.82) is 0 Å². The molecule has 21 heavy (non-hydrogen) atoms. The third kappa shape index (κ3) is 3.68. The average molecular weight is 387 g/mol. The number of hydrazine groups is 1. The lowest BCUT2D eigenvalue weighted by Crippen LogP contribution is -2.29. The van der Waals surface area contributed by atoms with Gasteiger partial charge in [0.05, 0.1) is 6.04 Å². The molecule has 1 unspecified atom stereocenters. The number of nitrogens with two attached hydrogens (primary N) is 1. The van der Waals surface area contributed by atoms with Crippen LogP contribution in [0.5, 0.6) is 0 Å². The van der Waals surface area contributed by atoms with Crippen LogP contribution in [-0.2, 0) is 18.6 Å². The van der Waals surface area contributed by atoms with Crippen LogP contribution < -0.4 is 11.3 Å². The van der Waals surface area contributed by atoms with E-state index in [1.54, 1.807) is 6.07 Å². The molecule has 1 aliphatic rings. The fraction of sp³-hybridized carbons (Fsp3) is 0.333. The summed E-state index contributed by atoms with van der Waals surface area (Å²) < 4.78 is 14.2. The van der Waals surface area contributed by atoms with Crippen molar-refractivity contribution in [3.63, 3.8) is 0 Å². The molecule has 3 N–H and O–H groups in total. The first-order valence-electron chi connectivity index (χ1n) is 6.76. The molecule has 1 aromatic heterocycles. The zero-order valence-electron chi connectivity index (χ0n) is 11.4. The highest BCUT2D eigenvalue weighted by Crippen LogP contribution is 2.35. The lowest BCUT2D eigenvalue weighted by molar-refractivity contribution is 0.556. The van der Waals surface area contributed by atoms with E-state index in [2.05, 4.69) is 27.4 Å². The number of aryl methyl sites for hydroxylation is 1. The third-order valence-electron chi connectivity index (χ3n) is 3.55. The zero-order valence-corrected chi connectivity index (χ0v) is 14.6. The lowest BCUT2D eigenvalue weighted by atomic mass is 10.0. The predicted molar refractivity (Wildman–Crippen MR) is 92.1 cm³/mol. The third-order valence-corrected chi connectivity index (χ3v) is 6.37. The van der Waals surface area contributed by atoms with E-state index in [9.17, 15) is 4.39 Å². The molecule has 2 nitrogen and oxygen atoms in total. The molecule has 1 atom stereocenters. The van der Waals surface area contributed by atoms with Crippen LogP contribution in [0.3, 0.4) is 0 Å². The number of hydrogen-bond donors (Lipinski definition) is 2. The standard InChI is InChI=1S/C15H16BrFN2S2/c16-11-3-9(4-12(17)7-11)5-13(19-18)15-6-10-8-20-2-1-14(10)21-15/h3-4,6-7,13,19H,1-2,5,8,18H2. The summed E-state index contributed by atoms with van der Waals surface area (Å²) in [6.07, 6.45) is 1.83. The fourth-order valence-corrected chi connectivity index (χ4v) is 5.50. The summed E-state index contributed by atoms with van der Waals surface area (Å²) in [4.78, 5) is 2.72. The Kier molecular flexibility index (Phi) is 5.01. The molecular formula is C15H16BrFN2S2. The van der Waals surface area contributed by atoms with Crippen LogP contribution in [0.15, 0.2) is 28.7 Å². The number of rotatable bonds is 4. The molecule has 0 saturated carbocycles. The Morgan fingerprint density at radius 3 is 2.90 bits per heavy atom. The highest BCUT2D eigenvalue weighted by molar-refractivity contribution is 9.10. The maximum absolute atomic E-state index is 13.5. The smallest absolute Gasteiger partial charge is 0.124 e. The highest BCUT2D eigenvalue weighted by atomic mass is 79.9. The van der Waals surface area contributed by atoms with Crippen LogP contribution in [0.2, 0.25) is 0 Å². The van der Waals surface area contributed by atoms with E-state index >= 15 is 0 Å². The molecule has 0 amide bonds. The largest absolute Gasteiger partial charge is 0.271 e. The summed E-state index contributed by atoms with van der Waals surface area (Å²) in [5, 5.41) is 0. The number of thioether (sulfide) groups is 1. The molecule has 0 spiro atoms. The Morgan fingerprint density at radius 2 is 2.19 bits per heavy atom. The number of nitrogens with one attached hydrogen (secondary N) is 1. The van der Waals surface area contributed by atoms with Crippen LogP contribution in [0, 0.1) is 5.82 Å². The van der Waals surface area contributed by atoms with E-state index in [4.69, 9.17) is 5.84 Å². The van der Waals surface area contributed by atoms with E-state index < -0.39 is 0 Å². The van der Waals surface area contributed by atoms with Crippen LogP contribution in [-0.4, -0.2) is 5.75 Å². The van der Waals surface area contributed by atoms with Crippen molar-refractivity contribution in [2.75, 3.05) is 5.75 Å². The minimum Gasteiger partial charge on any atom is -0.271 e. The van der Waals surface area contributed by atoms with E-state index in [1.807, 2.05) is 29.2 Å². The number of halogens is 2. The Morgan fingerprint density at radius 1 is 1.33 bits per heavy atom. The lowest BCUT2D eigenvalue weighted by Gasteiger charge is -2.14. The topological polar surface area (TPSA) is 38.0 Å². The molecule has 112 valence electrons. The molecule has 0 saturated heterocycles. The van der Waals surface area contributed by atoms with Gasteiger partial charge in [0.1, 0.15) is 5.82 Å². The SMILES string of the molecule is NNC(Cc1cc(F)cc(Br)c1)c1cc2c(s1)CCSC2. The van der Waals surface area contributed by atoms with Gasteiger partial charge in [-0.2, -0.15) is 11.8 Å². The Hall–Kier alpha value is -0.400. The monoisotopic (exact) mass is 386 g/mol. The van der Waals surface area contributed by atoms with Gasteiger partial charge in [0.15, 0.2) is 0 Å². The average Bonchev–Trinajstić information content (AvgIpc) is 2.87. The van der Waals surface area contributed by atoms with Gasteiger partial charge in [0.2, 0.25) is 0 Å². The first-order chi connectivity index (χ1) is 10.2. The first kappa shape index (κ1) is 15.5. The summed E-state index contributed by atoms with van der Waals surface area (Å²) in [6, 6.07) is 7.26. The van der Waals surface area contributed by atoms with Crippen molar-refractivity contribution < 1.29 is 4.39 Å². The summed E-state index contributed by atoms with van der Waals surface area (Å²) in [6.45, 7) is 0. The second kappa shape index (κ2) is 6.79. The molecule has 0 aliphatic carbocycles. The van der Waals surface area contributed by atoms with E-state index in [0.717, 1.165) is 22.2 Å². The number of benzene rings is 1. The summed E-state index contributed by atoms with van der Waals surface area (Å²) in [7, 11) is 0. The summed E-state index contributed by atoms with van der Waals surface area (Å²) in [5.74, 6) is 7.80. The van der Waals surface area contributed by atoms with Crippen molar-refractivity contribution >= 4 is 39.0 Å². The minimum absolute atomic E-state index is 0.0271. The van der Waals surface area contributed by atoms with Crippen molar-refractivity contribution in [2.24, 2.45) is 5.84 Å². The van der Waals surface area contributed by atoms with Gasteiger partial charge in [-0.3, -0.25) is 11.3 Å². The Balaban J connectivity index is 1.82. The maximum atomic E-state index is 13.5. The van der Waals surface area contributed by atoms with Gasteiger partial charge < -0.3 is 0 Å². The minimum atomic E-state index is -0.225. The van der Waals surface area contributed by atoms with Gasteiger partial charge in [-0.15, -0.1) is 11.3 Å². The maximum Gasteiger partial charge on any atom is 0.124 e.